The largest absolute Gasteiger partial charge is 0.506 e. The molecule has 87 heavy (non-hydrogen) atoms. The van der Waals surface area contributed by atoms with Gasteiger partial charge in [-0.3, -0.25) is 48.3 Å². The fraction of sp³-hybridized carbons (Fsp3) is 0.164. The molecule has 6 aromatic carbocycles. The van der Waals surface area contributed by atoms with Crippen molar-refractivity contribution < 1.29 is 38.7 Å². The quantitative estimate of drug-likeness (QED) is 0.0276. The summed E-state index contributed by atoms with van der Waals surface area (Å²) in [5.74, 6) is -1.24. The lowest BCUT2D eigenvalue weighted by Crippen LogP contribution is -2.31. The molecule has 6 aromatic rings. The van der Waals surface area contributed by atoms with Gasteiger partial charge in [0.25, 0.3) is 17.7 Å². The zero-order valence-electron chi connectivity index (χ0n) is 47.3. The number of rotatable bonds is 18. The van der Waals surface area contributed by atoms with Gasteiger partial charge in [-0.15, -0.1) is 0 Å². The third-order valence-corrected chi connectivity index (χ3v) is 16.9. The molecule has 0 spiro atoms. The van der Waals surface area contributed by atoms with E-state index in [1.54, 1.807) is 48.6 Å². The van der Waals surface area contributed by atoms with Gasteiger partial charge in [-0.25, -0.2) is 0 Å². The Hall–Kier alpha value is -8.37. The zero-order valence-corrected chi connectivity index (χ0v) is 52.2. The summed E-state index contributed by atoms with van der Waals surface area (Å²) in [7, 11) is 0. The molecule has 14 nitrogen and oxygen atoms in total. The van der Waals surface area contributed by atoms with Crippen LogP contribution in [0.15, 0.2) is 191 Å². The number of nitrogens with zero attached hydrogens (tertiary/aromatic N) is 3. The Morgan fingerprint density at radius 3 is 1.30 bits per heavy atom. The SMILES string of the molecule is C.CC(=O)c1ccc(NC(=O)CCN2C(=O)/C(=C\C=C\c3ccccc3)SC2=S)cc1.Cc1ccc(/C=C2/SC(=S)N(CCC(=O)Nc3ccc(C)cc3)C2=O)cc1.Cc1ccc(O)c(NC(=O)CCN2C(=O)/C(=C\C=C\c3ccccc3)SC2=S)c1. The zero-order chi connectivity index (χ0) is 61.7. The number of hydrogen-bond donors (Lipinski definition) is 4. The molecule has 9 rings (SSSR count). The van der Waals surface area contributed by atoms with E-state index in [-0.39, 0.29) is 93.3 Å². The van der Waals surface area contributed by atoms with Crippen LogP contribution < -0.4 is 16.0 Å². The first-order valence-electron chi connectivity index (χ1n) is 26.9. The normalized spacial score (nSPS) is 15.2. The van der Waals surface area contributed by atoms with Gasteiger partial charge in [0.2, 0.25) is 17.7 Å². The van der Waals surface area contributed by atoms with E-state index in [2.05, 4.69) is 16.0 Å². The lowest BCUT2D eigenvalue weighted by molar-refractivity contribution is -0.124. The number of amides is 6. The molecule has 3 aliphatic heterocycles. The second kappa shape index (κ2) is 33.5. The van der Waals surface area contributed by atoms with E-state index >= 15 is 0 Å². The van der Waals surface area contributed by atoms with Crippen LogP contribution in [0.4, 0.5) is 17.1 Å². The molecule has 3 saturated heterocycles. The van der Waals surface area contributed by atoms with E-state index in [4.69, 9.17) is 36.7 Å². The van der Waals surface area contributed by atoms with Crippen LogP contribution in [0.5, 0.6) is 5.75 Å². The fourth-order valence-corrected chi connectivity index (χ4v) is 11.8. The first kappa shape index (κ1) is 67.8. The first-order chi connectivity index (χ1) is 41.3. The van der Waals surface area contributed by atoms with Gasteiger partial charge < -0.3 is 21.1 Å². The molecule has 0 bridgehead atoms. The number of ketones is 1. The molecular weight excluding hydrogens is 1210 g/mol. The predicted octanol–water partition coefficient (Wildman–Crippen LogP) is 14.3. The van der Waals surface area contributed by atoms with Crippen LogP contribution in [-0.2, 0) is 28.8 Å². The van der Waals surface area contributed by atoms with Crippen molar-refractivity contribution in [1.29, 1.82) is 0 Å². The Morgan fingerprint density at radius 2 is 0.862 bits per heavy atom. The summed E-state index contributed by atoms with van der Waals surface area (Å²) in [6.45, 7) is 8.03. The Morgan fingerprint density at radius 1 is 0.483 bits per heavy atom. The molecule has 0 radical (unpaired) electrons. The van der Waals surface area contributed by atoms with Crippen molar-refractivity contribution in [1.82, 2.24) is 14.7 Å². The Bertz CT molecular complexity index is 3700. The highest BCUT2D eigenvalue weighted by atomic mass is 32.2. The summed E-state index contributed by atoms with van der Waals surface area (Å²) in [5, 5.41) is 18.1. The number of nitrogens with one attached hydrogen (secondary N) is 3. The van der Waals surface area contributed by atoms with Crippen molar-refractivity contribution in [2.45, 2.75) is 54.4 Å². The number of Topliss-reactive ketones (excluding diaryl/α,β-unsaturated/α-hetero) is 1. The van der Waals surface area contributed by atoms with Gasteiger partial charge in [-0.05, 0) is 117 Å². The van der Waals surface area contributed by atoms with E-state index in [0.29, 0.717) is 44.6 Å². The molecule has 0 aliphatic carbocycles. The monoisotopic (exact) mass is 1270 g/mol. The number of phenols is 1. The molecule has 0 atom stereocenters. The average Bonchev–Trinajstić information content (AvgIpc) is 3.15. The van der Waals surface area contributed by atoms with Crippen molar-refractivity contribution in [3.63, 3.8) is 0 Å². The number of allylic oxidation sites excluding steroid dienone is 4. The van der Waals surface area contributed by atoms with Gasteiger partial charge in [-0.2, -0.15) is 0 Å². The minimum atomic E-state index is -0.298. The standard InChI is InChI=1S/C23H20N2O3S2.C22H20N2O3S2.C21H20N2O2S2.CH4/c1-16(26)18-10-12-19(13-11-18)24-21(27)14-15-25-22(28)20(30-23(25)29)9-5-8-17-6-3-2-4-7-17;1-15-10-11-18(25)17(14-15)23-20(26)12-13-24-21(27)19(29-22(24)28)9-5-8-16-6-3-2-4-7-16;1-14-3-7-16(8-4-14)13-18-20(25)23(21(26)27-18)12-11-19(24)22-17-9-5-15(2)6-10-17;/h2-13H,14-15H2,1H3,(H,24,27);2-11,14,25H,12-13H2,1H3,(H,23,26);3-10,13H,11-12H2,1-2H3,(H,22,24);1H4/b8-5+,20-9+;8-5+,19-9+;18-13+;. The number of thiocarbonyl (C=S) groups is 3. The Balaban J connectivity index is 0.000000208. The van der Waals surface area contributed by atoms with Gasteiger partial charge in [0.15, 0.2) is 5.78 Å². The number of aryl methyl sites for hydroxylation is 3. The highest BCUT2D eigenvalue weighted by Gasteiger charge is 2.34. The van der Waals surface area contributed by atoms with Gasteiger partial charge in [0.05, 0.1) is 20.4 Å². The summed E-state index contributed by atoms with van der Waals surface area (Å²) in [6.07, 6.45) is 13.2. The Labute approximate surface area is 536 Å². The molecule has 4 N–H and O–H groups in total. The number of phenolic OH excluding ortho intramolecular Hbond substituents is 1. The summed E-state index contributed by atoms with van der Waals surface area (Å²) >= 11 is 19.6. The van der Waals surface area contributed by atoms with Crippen molar-refractivity contribution in [2.24, 2.45) is 0 Å². The topological polar surface area (TPSA) is 186 Å². The van der Waals surface area contributed by atoms with Crippen LogP contribution in [0.2, 0.25) is 0 Å². The number of thioether (sulfide) groups is 3. The maximum Gasteiger partial charge on any atom is 0.266 e. The third kappa shape index (κ3) is 20.9. The predicted molar refractivity (Wildman–Crippen MR) is 369 cm³/mol. The molecule has 0 aromatic heterocycles. The Kier molecular flexibility index (Phi) is 26.1. The maximum absolute atomic E-state index is 12.6. The fourth-order valence-electron chi connectivity index (χ4n) is 8.02. The summed E-state index contributed by atoms with van der Waals surface area (Å²) < 4.78 is 1.36. The average molecular weight is 1270 g/mol. The second-order valence-electron chi connectivity index (χ2n) is 19.4. The van der Waals surface area contributed by atoms with Crippen LogP contribution in [0.3, 0.4) is 0 Å². The van der Waals surface area contributed by atoms with Gasteiger partial charge in [0, 0.05) is 55.8 Å². The molecule has 3 fully saturated rings. The van der Waals surface area contributed by atoms with Crippen molar-refractivity contribution in [3.05, 3.63) is 230 Å². The summed E-state index contributed by atoms with van der Waals surface area (Å²) in [6, 6.07) is 46.7. The maximum atomic E-state index is 12.6. The number of aromatic hydroxyl groups is 1. The minimum absolute atomic E-state index is 0. The van der Waals surface area contributed by atoms with E-state index in [1.807, 2.05) is 160 Å². The molecule has 0 saturated carbocycles. The summed E-state index contributed by atoms with van der Waals surface area (Å²) in [4.78, 5) is 91.7. The first-order valence-corrected chi connectivity index (χ1v) is 30.6. The highest BCUT2D eigenvalue weighted by Crippen LogP contribution is 2.34. The van der Waals surface area contributed by atoms with E-state index in [0.717, 1.165) is 33.5 Å². The molecule has 446 valence electrons. The molecule has 3 aliphatic rings. The van der Waals surface area contributed by atoms with Crippen LogP contribution >= 0.6 is 71.9 Å². The van der Waals surface area contributed by atoms with Gasteiger partial charge in [0.1, 0.15) is 18.7 Å². The van der Waals surface area contributed by atoms with Crippen LogP contribution in [-0.4, -0.2) is 93.6 Å². The highest BCUT2D eigenvalue weighted by molar-refractivity contribution is 8.27. The van der Waals surface area contributed by atoms with E-state index < -0.39 is 0 Å². The van der Waals surface area contributed by atoms with Crippen LogP contribution in [0, 0.1) is 20.8 Å². The van der Waals surface area contributed by atoms with Crippen molar-refractivity contribution >= 4 is 161 Å². The summed E-state index contributed by atoms with van der Waals surface area (Å²) in [5.41, 5.74) is 8.53. The number of carbonyl (C=O) groups is 7. The van der Waals surface area contributed by atoms with E-state index in [9.17, 15) is 38.7 Å². The smallest absolute Gasteiger partial charge is 0.266 e. The molecule has 0 unspecified atom stereocenters. The molecule has 20 heteroatoms. The molecule has 6 amide bonds. The second-order valence-corrected chi connectivity index (χ2v) is 24.4. The van der Waals surface area contributed by atoms with Crippen LogP contribution in [0.25, 0.3) is 18.2 Å². The molecular formula is C67H64N6O8S6. The number of carbonyl (C=O) groups excluding carboxylic acids is 7. The third-order valence-electron chi connectivity index (χ3n) is 12.7. The molecule has 3 heterocycles. The number of benzene rings is 6. The minimum Gasteiger partial charge on any atom is -0.506 e. The van der Waals surface area contributed by atoms with Crippen molar-refractivity contribution in [2.75, 3.05) is 35.6 Å². The van der Waals surface area contributed by atoms with Crippen LogP contribution in [0.1, 0.15) is 77.4 Å². The van der Waals surface area contributed by atoms with Crippen molar-refractivity contribution in [3.8, 4) is 5.75 Å². The lowest BCUT2D eigenvalue weighted by Gasteiger charge is -2.14. The van der Waals surface area contributed by atoms with Gasteiger partial charge >= 0.3 is 0 Å². The number of hydrogen-bond acceptors (Lipinski definition) is 14. The van der Waals surface area contributed by atoms with E-state index in [1.165, 1.54) is 68.5 Å². The lowest BCUT2D eigenvalue weighted by atomic mass is 10.1. The van der Waals surface area contributed by atoms with Gasteiger partial charge in [-0.1, -0.05) is 218 Å². The number of anilines is 3.